The van der Waals surface area contributed by atoms with Gasteiger partial charge in [-0.25, -0.2) is 13.1 Å². The highest BCUT2D eigenvalue weighted by atomic mass is 35.5. The number of benzene rings is 2. The average Bonchev–Trinajstić information content (AvgIpc) is 2.60. The summed E-state index contributed by atoms with van der Waals surface area (Å²) in [6.07, 6.45) is 0. The minimum absolute atomic E-state index is 0.0838. The zero-order valence-corrected chi connectivity index (χ0v) is 15.7. The van der Waals surface area contributed by atoms with Crippen LogP contribution in [0.3, 0.4) is 0 Å². The van der Waals surface area contributed by atoms with Crippen molar-refractivity contribution in [3.05, 3.63) is 58.6 Å². The maximum atomic E-state index is 12.6. The van der Waals surface area contributed by atoms with Gasteiger partial charge in [0.25, 0.3) is 5.91 Å². The normalized spacial score (nSPS) is 11.2. The number of rotatable bonds is 6. The number of ether oxygens (including phenoxy) is 1. The number of halogens is 1. The van der Waals surface area contributed by atoms with Crippen LogP contribution in [0.15, 0.2) is 47.4 Å². The van der Waals surface area contributed by atoms with Crippen LogP contribution in [0.5, 0.6) is 5.75 Å². The van der Waals surface area contributed by atoms with E-state index in [2.05, 4.69) is 4.72 Å². The van der Waals surface area contributed by atoms with Crippen molar-refractivity contribution >= 4 is 27.5 Å². The zero-order valence-electron chi connectivity index (χ0n) is 14.1. The predicted molar refractivity (Wildman–Crippen MR) is 96.5 cm³/mol. The molecule has 2 aromatic rings. The van der Waals surface area contributed by atoms with Crippen molar-refractivity contribution in [2.75, 3.05) is 21.2 Å². The smallest absolute Gasteiger partial charge is 0.253 e. The van der Waals surface area contributed by atoms with E-state index in [0.29, 0.717) is 11.6 Å². The summed E-state index contributed by atoms with van der Waals surface area (Å²) in [5.41, 5.74) is 1.12. The molecule has 25 heavy (non-hydrogen) atoms. The molecule has 0 radical (unpaired) electrons. The third-order valence-corrected chi connectivity index (χ3v) is 5.29. The predicted octanol–water partition coefficient (Wildman–Crippen LogP) is 2.53. The molecule has 0 fully saturated rings. The molecule has 2 rings (SSSR count). The third-order valence-electron chi connectivity index (χ3n) is 3.62. The second-order valence-corrected chi connectivity index (χ2v) is 7.66. The summed E-state index contributed by atoms with van der Waals surface area (Å²) in [5, 5.41) is 0.588. The molecule has 0 heterocycles. The molecule has 0 spiro atoms. The number of methoxy groups -OCH3 is 1. The number of carbonyl (C=O) groups excluding carboxylic acids is 1. The summed E-state index contributed by atoms with van der Waals surface area (Å²) >= 11 is 5.95. The van der Waals surface area contributed by atoms with Gasteiger partial charge >= 0.3 is 0 Å². The van der Waals surface area contributed by atoms with Crippen LogP contribution in [0.1, 0.15) is 15.9 Å². The number of amides is 1. The van der Waals surface area contributed by atoms with E-state index in [4.69, 9.17) is 16.3 Å². The quantitative estimate of drug-likeness (QED) is 0.833. The van der Waals surface area contributed by atoms with Gasteiger partial charge < -0.3 is 9.64 Å². The molecule has 1 amide bonds. The first-order valence-electron chi connectivity index (χ1n) is 7.40. The number of carbonyl (C=O) groups is 1. The molecule has 0 saturated heterocycles. The minimum Gasteiger partial charge on any atom is -0.495 e. The Kier molecular flexibility index (Phi) is 6.05. The topological polar surface area (TPSA) is 75.7 Å². The first kappa shape index (κ1) is 19.2. The summed E-state index contributed by atoms with van der Waals surface area (Å²) in [6, 6.07) is 11.5. The lowest BCUT2D eigenvalue weighted by molar-refractivity contribution is 0.0785. The zero-order chi connectivity index (χ0) is 18.6. The summed E-state index contributed by atoms with van der Waals surface area (Å²) in [7, 11) is 0.560. The minimum atomic E-state index is -3.75. The van der Waals surface area contributed by atoms with Gasteiger partial charge in [0, 0.05) is 24.2 Å². The standard InChI is InChI=1S/C17H19ClN2O4S/c1-19-25(22,23)16-10-13(7-8-15(16)24-3)17(21)20(2)11-12-5-4-6-14(18)9-12/h4-10,19H,11H2,1-3H3. The van der Waals surface area contributed by atoms with Crippen LogP contribution in [-0.2, 0) is 16.6 Å². The van der Waals surface area contributed by atoms with Gasteiger partial charge in [0.05, 0.1) is 7.11 Å². The van der Waals surface area contributed by atoms with E-state index in [-0.39, 0.29) is 22.1 Å². The monoisotopic (exact) mass is 382 g/mol. The molecule has 8 heteroatoms. The Labute approximate surface area is 152 Å². The first-order valence-corrected chi connectivity index (χ1v) is 9.26. The van der Waals surface area contributed by atoms with Crippen LogP contribution in [0.25, 0.3) is 0 Å². The molecule has 0 aliphatic rings. The number of nitrogens with zero attached hydrogens (tertiary/aromatic N) is 1. The Bertz CT molecular complexity index is 884. The number of nitrogens with one attached hydrogen (secondary N) is 1. The van der Waals surface area contributed by atoms with Gasteiger partial charge in [-0.05, 0) is 42.9 Å². The van der Waals surface area contributed by atoms with Crippen molar-refractivity contribution in [1.82, 2.24) is 9.62 Å². The van der Waals surface area contributed by atoms with Gasteiger partial charge in [-0.15, -0.1) is 0 Å². The maximum absolute atomic E-state index is 12.6. The van der Waals surface area contributed by atoms with Crippen molar-refractivity contribution in [2.24, 2.45) is 0 Å². The van der Waals surface area contributed by atoms with Crippen molar-refractivity contribution < 1.29 is 17.9 Å². The van der Waals surface area contributed by atoms with E-state index in [1.807, 2.05) is 6.07 Å². The van der Waals surface area contributed by atoms with E-state index in [1.165, 1.54) is 37.3 Å². The highest BCUT2D eigenvalue weighted by Crippen LogP contribution is 2.25. The fraction of sp³-hybridized carbons (Fsp3) is 0.235. The molecular weight excluding hydrogens is 364 g/mol. The second-order valence-electron chi connectivity index (χ2n) is 5.36. The summed E-state index contributed by atoms with van der Waals surface area (Å²) in [5.74, 6) is -0.140. The van der Waals surface area contributed by atoms with Gasteiger partial charge in [-0.3, -0.25) is 4.79 Å². The van der Waals surface area contributed by atoms with Crippen LogP contribution in [0.4, 0.5) is 0 Å². The molecule has 0 aliphatic heterocycles. The number of hydrogen-bond donors (Lipinski definition) is 1. The molecule has 6 nitrogen and oxygen atoms in total. The molecule has 0 bridgehead atoms. The van der Waals surface area contributed by atoms with Crippen LogP contribution >= 0.6 is 11.6 Å². The van der Waals surface area contributed by atoms with Crippen molar-refractivity contribution in [3.63, 3.8) is 0 Å². The molecule has 1 N–H and O–H groups in total. The Morgan fingerprint density at radius 1 is 1.24 bits per heavy atom. The van der Waals surface area contributed by atoms with E-state index in [9.17, 15) is 13.2 Å². The lowest BCUT2D eigenvalue weighted by atomic mass is 10.1. The van der Waals surface area contributed by atoms with Gasteiger partial charge in [-0.2, -0.15) is 0 Å². The first-order chi connectivity index (χ1) is 11.8. The summed E-state index contributed by atoms with van der Waals surface area (Å²) in [6.45, 7) is 0.347. The van der Waals surface area contributed by atoms with E-state index in [1.54, 1.807) is 25.2 Å². The maximum Gasteiger partial charge on any atom is 0.253 e. The van der Waals surface area contributed by atoms with Gasteiger partial charge in [0.15, 0.2) is 0 Å². The number of hydrogen-bond acceptors (Lipinski definition) is 4. The SMILES string of the molecule is CNS(=O)(=O)c1cc(C(=O)N(C)Cc2cccc(Cl)c2)ccc1OC. The molecule has 2 aromatic carbocycles. The lowest BCUT2D eigenvalue weighted by Gasteiger charge is -2.18. The van der Waals surface area contributed by atoms with Crippen LogP contribution in [-0.4, -0.2) is 40.4 Å². The Morgan fingerprint density at radius 2 is 1.96 bits per heavy atom. The van der Waals surface area contributed by atoms with Crippen LogP contribution in [0.2, 0.25) is 5.02 Å². The van der Waals surface area contributed by atoms with Gasteiger partial charge in [0.1, 0.15) is 10.6 Å². The summed E-state index contributed by atoms with van der Waals surface area (Å²) < 4.78 is 31.6. The molecule has 0 aliphatic carbocycles. The fourth-order valence-electron chi connectivity index (χ4n) is 2.33. The Balaban J connectivity index is 2.31. The molecular formula is C17H19ClN2O4S. The molecule has 0 atom stereocenters. The Morgan fingerprint density at radius 3 is 2.56 bits per heavy atom. The van der Waals surface area contributed by atoms with Crippen LogP contribution in [0, 0.1) is 0 Å². The largest absolute Gasteiger partial charge is 0.495 e. The van der Waals surface area contributed by atoms with E-state index >= 15 is 0 Å². The van der Waals surface area contributed by atoms with Crippen molar-refractivity contribution in [3.8, 4) is 5.75 Å². The third kappa shape index (κ3) is 4.50. The van der Waals surface area contributed by atoms with Crippen molar-refractivity contribution in [1.29, 1.82) is 0 Å². The fourth-order valence-corrected chi connectivity index (χ4v) is 3.46. The molecule has 0 unspecified atom stereocenters. The van der Waals surface area contributed by atoms with E-state index in [0.717, 1.165) is 5.56 Å². The van der Waals surface area contributed by atoms with E-state index < -0.39 is 10.0 Å². The van der Waals surface area contributed by atoms with Crippen molar-refractivity contribution in [2.45, 2.75) is 11.4 Å². The number of sulfonamides is 1. The van der Waals surface area contributed by atoms with Crippen LogP contribution < -0.4 is 9.46 Å². The summed E-state index contributed by atoms with van der Waals surface area (Å²) in [4.78, 5) is 14.0. The lowest BCUT2D eigenvalue weighted by Crippen LogP contribution is -2.27. The second kappa shape index (κ2) is 7.86. The Hall–Kier alpha value is -2.09. The molecule has 134 valence electrons. The highest BCUT2D eigenvalue weighted by molar-refractivity contribution is 7.89. The molecule has 0 saturated carbocycles. The van der Waals surface area contributed by atoms with Gasteiger partial charge in [0.2, 0.25) is 10.0 Å². The average molecular weight is 383 g/mol. The van der Waals surface area contributed by atoms with Gasteiger partial charge in [-0.1, -0.05) is 23.7 Å². The highest BCUT2D eigenvalue weighted by Gasteiger charge is 2.21. The molecule has 0 aromatic heterocycles.